The van der Waals surface area contributed by atoms with Crippen molar-refractivity contribution in [1.29, 1.82) is 5.26 Å². The minimum absolute atomic E-state index is 0.0396. The topological polar surface area (TPSA) is 84.3 Å². The summed E-state index contributed by atoms with van der Waals surface area (Å²) >= 11 is 0. The van der Waals surface area contributed by atoms with Crippen LogP contribution >= 0.6 is 0 Å². The molecule has 106 valence electrons. The molecule has 6 heteroatoms. The van der Waals surface area contributed by atoms with Gasteiger partial charge in [-0.2, -0.15) is 5.26 Å². The summed E-state index contributed by atoms with van der Waals surface area (Å²) in [6.45, 7) is 1.90. The number of methoxy groups -OCH3 is 1. The van der Waals surface area contributed by atoms with Crippen molar-refractivity contribution < 1.29 is 14.2 Å². The van der Waals surface area contributed by atoms with Crippen molar-refractivity contribution in [3.8, 4) is 34.4 Å². The first kappa shape index (κ1) is 13.1. The van der Waals surface area contributed by atoms with Crippen molar-refractivity contribution in [2.24, 2.45) is 0 Å². The number of ether oxygens (including phenoxy) is 3. The van der Waals surface area contributed by atoms with Gasteiger partial charge in [0.25, 0.3) is 5.56 Å². The van der Waals surface area contributed by atoms with Gasteiger partial charge in [0.2, 0.25) is 6.79 Å². The van der Waals surface area contributed by atoms with Crippen molar-refractivity contribution in [2.75, 3.05) is 13.9 Å². The Bertz CT molecular complexity index is 818. The lowest BCUT2D eigenvalue weighted by Crippen LogP contribution is -2.13. The van der Waals surface area contributed by atoms with Crippen molar-refractivity contribution in [3.05, 3.63) is 39.8 Å². The molecule has 0 spiro atoms. The lowest BCUT2D eigenvalue weighted by molar-refractivity contribution is 0.174. The number of nitrogens with zero attached hydrogens (tertiary/aromatic N) is 1. The quantitative estimate of drug-likeness (QED) is 0.911. The first-order valence-corrected chi connectivity index (χ1v) is 6.26. The number of H-pyrrole nitrogens is 1. The number of fused-ring (bicyclic) bond motifs is 1. The van der Waals surface area contributed by atoms with Gasteiger partial charge in [-0.3, -0.25) is 4.79 Å². The average Bonchev–Trinajstić information content (AvgIpc) is 2.92. The van der Waals surface area contributed by atoms with Gasteiger partial charge in [0.15, 0.2) is 11.5 Å². The van der Waals surface area contributed by atoms with Gasteiger partial charge in [-0.15, -0.1) is 0 Å². The lowest BCUT2D eigenvalue weighted by atomic mass is 9.99. The van der Waals surface area contributed by atoms with E-state index < -0.39 is 5.56 Å². The van der Waals surface area contributed by atoms with Gasteiger partial charge >= 0.3 is 0 Å². The molecule has 0 fully saturated rings. The summed E-state index contributed by atoms with van der Waals surface area (Å²) in [5, 5.41) is 9.24. The Morgan fingerprint density at radius 1 is 1.24 bits per heavy atom. The highest BCUT2D eigenvalue weighted by Crippen LogP contribution is 2.42. The summed E-state index contributed by atoms with van der Waals surface area (Å²) in [6.07, 6.45) is 0. The molecule has 0 bridgehead atoms. The molecule has 1 aromatic carbocycles. The van der Waals surface area contributed by atoms with Gasteiger partial charge in [0.1, 0.15) is 17.4 Å². The normalized spacial score (nSPS) is 12.0. The highest BCUT2D eigenvalue weighted by atomic mass is 16.7. The van der Waals surface area contributed by atoms with Crippen LogP contribution in [0.4, 0.5) is 0 Å². The molecule has 3 rings (SSSR count). The van der Waals surface area contributed by atoms with Gasteiger partial charge < -0.3 is 19.2 Å². The van der Waals surface area contributed by atoms with E-state index in [-0.39, 0.29) is 12.4 Å². The van der Waals surface area contributed by atoms with Crippen LogP contribution in [0.3, 0.4) is 0 Å². The summed E-state index contributed by atoms with van der Waals surface area (Å²) in [6, 6.07) is 7.08. The van der Waals surface area contributed by atoms with Gasteiger partial charge in [-0.05, 0) is 19.1 Å². The van der Waals surface area contributed by atoms with Crippen LogP contribution in [0.25, 0.3) is 11.1 Å². The van der Waals surface area contributed by atoms with Crippen LogP contribution in [-0.4, -0.2) is 18.9 Å². The van der Waals surface area contributed by atoms with Gasteiger partial charge in [0.05, 0.1) is 7.11 Å². The molecule has 1 aromatic heterocycles. The van der Waals surface area contributed by atoms with E-state index in [0.717, 1.165) is 0 Å². The maximum absolute atomic E-state index is 11.9. The highest BCUT2D eigenvalue weighted by Gasteiger charge is 2.21. The molecular formula is C15H12N2O4. The number of aromatic nitrogens is 1. The molecule has 1 aliphatic rings. The zero-order chi connectivity index (χ0) is 15.0. The van der Waals surface area contributed by atoms with Gasteiger partial charge in [-0.1, -0.05) is 0 Å². The predicted molar refractivity (Wildman–Crippen MR) is 74.6 cm³/mol. The Morgan fingerprint density at radius 2 is 1.95 bits per heavy atom. The van der Waals surface area contributed by atoms with E-state index in [1.807, 2.05) is 6.07 Å². The fraction of sp³-hybridized carbons (Fsp3) is 0.200. The number of hydrogen-bond donors (Lipinski definition) is 1. The number of pyridine rings is 1. The monoisotopic (exact) mass is 284 g/mol. The number of aromatic amines is 1. The zero-order valence-corrected chi connectivity index (χ0v) is 11.5. The molecule has 21 heavy (non-hydrogen) atoms. The van der Waals surface area contributed by atoms with Gasteiger partial charge in [-0.25, -0.2) is 0 Å². The van der Waals surface area contributed by atoms with E-state index >= 15 is 0 Å². The Kier molecular flexibility index (Phi) is 3.03. The minimum Gasteiger partial charge on any atom is -0.496 e. The highest BCUT2D eigenvalue weighted by molar-refractivity contribution is 5.78. The molecule has 0 aliphatic carbocycles. The molecular weight excluding hydrogens is 272 g/mol. The van der Waals surface area contributed by atoms with Crippen LogP contribution in [0.2, 0.25) is 0 Å². The molecule has 0 atom stereocenters. The van der Waals surface area contributed by atoms with Crippen molar-refractivity contribution in [3.63, 3.8) is 0 Å². The van der Waals surface area contributed by atoms with Gasteiger partial charge in [0, 0.05) is 22.9 Å². The average molecular weight is 284 g/mol. The number of hydrogen-bond acceptors (Lipinski definition) is 5. The van der Waals surface area contributed by atoms with E-state index in [1.165, 1.54) is 7.11 Å². The van der Waals surface area contributed by atoms with Crippen LogP contribution in [-0.2, 0) is 0 Å². The minimum atomic E-state index is -0.424. The molecule has 0 amide bonds. The maximum Gasteiger partial charge on any atom is 0.266 e. The summed E-state index contributed by atoms with van der Waals surface area (Å²) in [5.41, 5.74) is 1.40. The second kappa shape index (κ2) is 4.87. The fourth-order valence-electron chi connectivity index (χ4n) is 2.31. The number of nitriles is 1. The SMILES string of the molecule is COc1cc2c(cc1-c1cc(C)[nH]c(=O)c1C#N)OCO2. The Hall–Kier alpha value is -2.94. The first-order valence-electron chi connectivity index (χ1n) is 6.26. The van der Waals surface area contributed by atoms with Crippen LogP contribution < -0.4 is 19.8 Å². The molecule has 0 radical (unpaired) electrons. The summed E-state index contributed by atoms with van der Waals surface area (Å²) in [7, 11) is 1.52. The first-order chi connectivity index (χ1) is 10.1. The molecule has 0 saturated carbocycles. The number of rotatable bonds is 2. The zero-order valence-electron chi connectivity index (χ0n) is 11.5. The molecule has 1 aliphatic heterocycles. The van der Waals surface area contributed by atoms with Crippen LogP contribution in [0.15, 0.2) is 23.0 Å². The van der Waals surface area contributed by atoms with Crippen LogP contribution in [0, 0.1) is 18.3 Å². The molecule has 1 N–H and O–H groups in total. The van der Waals surface area contributed by atoms with Crippen LogP contribution in [0.1, 0.15) is 11.3 Å². The number of nitrogens with one attached hydrogen (secondary N) is 1. The third-order valence-electron chi connectivity index (χ3n) is 3.26. The van der Waals surface area contributed by atoms with Crippen molar-refractivity contribution >= 4 is 0 Å². The third kappa shape index (κ3) is 2.09. The molecule has 0 unspecified atom stereocenters. The standard InChI is InChI=1S/C15H12N2O4/c1-8-3-9(11(6-16)15(18)17-8)10-4-13-14(21-7-20-13)5-12(10)19-2/h3-5H,7H2,1-2H3,(H,17,18). The molecule has 2 heterocycles. The van der Waals surface area contributed by atoms with E-state index in [4.69, 9.17) is 14.2 Å². The second-order valence-electron chi connectivity index (χ2n) is 4.59. The van der Waals surface area contributed by atoms with Crippen LogP contribution in [0.5, 0.6) is 17.2 Å². The summed E-state index contributed by atoms with van der Waals surface area (Å²) in [4.78, 5) is 14.5. The van der Waals surface area contributed by atoms with E-state index in [2.05, 4.69) is 4.98 Å². The molecule has 2 aromatic rings. The predicted octanol–water partition coefficient (Wildman–Crippen LogP) is 1.96. The lowest BCUT2D eigenvalue weighted by Gasteiger charge is -2.11. The van der Waals surface area contributed by atoms with Crippen molar-refractivity contribution in [2.45, 2.75) is 6.92 Å². The molecule has 0 saturated heterocycles. The number of benzene rings is 1. The van der Waals surface area contributed by atoms with E-state index in [1.54, 1.807) is 25.1 Å². The Labute approximate surface area is 120 Å². The Morgan fingerprint density at radius 3 is 2.62 bits per heavy atom. The summed E-state index contributed by atoms with van der Waals surface area (Å²) < 4.78 is 16.0. The van der Waals surface area contributed by atoms with E-state index in [0.29, 0.717) is 34.1 Å². The maximum atomic E-state index is 11.9. The third-order valence-corrected chi connectivity index (χ3v) is 3.26. The summed E-state index contributed by atoms with van der Waals surface area (Å²) in [5.74, 6) is 1.66. The second-order valence-corrected chi connectivity index (χ2v) is 4.59. The van der Waals surface area contributed by atoms with E-state index in [9.17, 15) is 10.1 Å². The largest absolute Gasteiger partial charge is 0.496 e. The fourth-order valence-corrected chi connectivity index (χ4v) is 2.31. The smallest absolute Gasteiger partial charge is 0.266 e. The number of aryl methyl sites for hydroxylation is 1. The molecule has 6 nitrogen and oxygen atoms in total. The van der Waals surface area contributed by atoms with Crippen molar-refractivity contribution in [1.82, 2.24) is 4.98 Å². The Balaban J connectivity index is 2.31.